The Bertz CT molecular complexity index is 1100. The SMILES string of the molecule is COc1ccccc1OCCSc1nc(-c2ccc(Cl)cc2)cc(C(F)(F)F)c1C#N. The number of benzene rings is 2. The van der Waals surface area contributed by atoms with Crippen molar-refractivity contribution in [2.45, 2.75) is 11.2 Å². The molecule has 0 N–H and O–H groups in total. The van der Waals surface area contributed by atoms with Crippen molar-refractivity contribution >= 4 is 23.4 Å². The molecule has 1 aromatic heterocycles. The molecule has 0 radical (unpaired) electrons. The van der Waals surface area contributed by atoms with E-state index in [0.717, 1.165) is 17.8 Å². The molecule has 1 heterocycles. The third-order valence-electron chi connectivity index (χ3n) is 4.19. The first-order chi connectivity index (χ1) is 14.8. The first kappa shape index (κ1) is 22.8. The fourth-order valence-corrected chi connectivity index (χ4v) is 3.70. The number of halogens is 4. The zero-order valence-electron chi connectivity index (χ0n) is 16.2. The molecule has 3 aromatic rings. The number of aromatic nitrogens is 1. The molecule has 0 saturated heterocycles. The van der Waals surface area contributed by atoms with E-state index >= 15 is 0 Å². The van der Waals surface area contributed by atoms with Crippen LogP contribution in [-0.4, -0.2) is 24.5 Å². The Labute approximate surface area is 186 Å². The van der Waals surface area contributed by atoms with E-state index in [2.05, 4.69) is 4.98 Å². The Balaban J connectivity index is 1.86. The van der Waals surface area contributed by atoms with Gasteiger partial charge in [0.2, 0.25) is 0 Å². The van der Waals surface area contributed by atoms with Gasteiger partial charge in [-0.25, -0.2) is 4.98 Å². The third kappa shape index (κ3) is 5.63. The van der Waals surface area contributed by atoms with Crippen LogP contribution in [0.3, 0.4) is 0 Å². The van der Waals surface area contributed by atoms with Crippen LogP contribution in [0, 0.1) is 11.3 Å². The van der Waals surface area contributed by atoms with Crippen LogP contribution < -0.4 is 9.47 Å². The van der Waals surface area contributed by atoms with Crippen molar-refractivity contribution in [1.29, 1.82) is 5.26 Å². The van der Waals surface area contributed by atoms with Crippen LogP contribution in [0.5, 0.6) is 11.5 Å². The molecule has 0 amide bonds. The number of para-hydroxylation sites is 2. The quantitative estimate of drug-likeness (QED) is 0.296. The Kier molecular flexibility index (Phi) is 7.31. The van der Waals surface area contributed by atoms with Gasteiger partial charge in [0.25, 0.3) is 0 Å². The summed E-state index contributed by atoms with van der Waals surface area (Å²) in [5.74, 6) is 1.35. The number of alkyl halides is 3. The Morgan fingerprint density at radius 3 is 2.39 bits per heavy atom. The highest BCUT2D eigenvalue weighted by atomic mass is 35.5. The maximum Gasteiger partial charge on any atom is 0.417 e. The molecule has 9 heteroatoms. The van der Waals surface area contributed by atoms with Gasteiger partial charge < -0.3 is 9.47 Å². The maximum atomic E-state index is 13.6. The van der Waals surface area contributed by atoms with Crippen LogP contribution >= 0.6 is 23.4 Å². The Morgan fingerprint density at radius 1 is 1.10 bits per heavy atom. The maximum absolute atomic E-state index is 13.6. The first-order valence-electron chi connectivity index (χ1n) is 9.00. The van der Waals surface area contributed by atoms with Crippen molar-refractivity contribution in [1.82, 2.24) is 4.98 Å². The standard InChI is InChI=1S/C22H16ClF3N2O2S/c1-29-19-4-2-3-5-20(19)30-10-11-31-21-16(13-27)17(22(24,25)26)12-18(28-21)14-6-8-15(23)9-7-14/h2-9,12H,10-11H2,1H3. The number of hydrogen-bond acceptors (Lipinski definition) is 5. The van der Waals surface area contributed by atoms with Crippen molar-refractivity contribution in [3.63, 3.8) is 0 Å². The minimum absolute atomic E-state index is 0.00842. The zero-order chi connectivity index (χ0) is 22.4. The number of ether oxygens (including phenoxy) is 2. The van der Waals surface area contributed by atoms with Gasteiger partial charge in [0.15, 0.2) is 11.5 Å². The molecule has 0 aliphatic carbocycles. The second kappa shape index (κ2) is 9.94. The van der Waals surface area contributed by atoms with Crippen molar-refractivity contribution in [2.75, 3.05) is 19.5 Å². The Hall–Kier alpha value is -2.89. The average molecular weight is 465 g/mol. The molecule has 0 atom stereocenters. The lowest BCUT2D eigenvalue weighted by molar-refractivity contribution is -0.138. The number of nitriles is 1. The fraction of sp³-hybridized carbons (Fsp3) is 0.182. The highest BCUT2D eigenvalue weighted by Crippen LogP contribution is 2.38. The fourth-order valence-electron chi connectivity index (χ4n) is 2.75. The van der Waals surface area contributed by atoms with Gasteiger partial charge in [-0.3, -0.25) is 0 Å². The van der Waals surface area contributed by atoms with E-state index in [1.165, 1.54) is 7.11 Å². The van der Waals surface area contributed by atoms with Crippen molar-refractivity contribution in [3.8, 4) is 28.8 Å². The van der Waals surface area contributed by atoms with E-state index in [-0.39, 0.29) is 23.1 Å². The molecule has 0 aliphatic rings. The summed E-state index contributed by atoms with van der Waals surface area (Å²) in [5.41, 5.74) is -0.960. The van der Waals surface area contributed by atoms with Crippen molar-refractivity contribution in [2.24, 2.45) is 0 Å². The molecular formula is C22H16ClF3N2O2S. The molecule has 3 rings (SSSR count). The molecule has 0 aliphatic heterocycles. The van der Waals surface area contributed by atoms with Crippen LogP contribution in [0.1, 0.15) is 11.1 Å². The van der Waals surface area contributed by atoms with Crippen LogP contribution in [0.15, 0.2) is 59.6 Å². The predicted octanol–water partition coefficient (Wildman–Crippen LogP) is 6.47. The van der Waals surface area contributed by atoms with E-state index in [0.29, 0.717) is 22.1 Å². The van der Waals surface area contributed by atoms with Gasteiger partial charge in [-0.05, 0) is 30.3 Å². The summed E-state index contributed by atoms with van der Waals surface area (Å²) in [6.07, 6.45) is -4.70. The zero-order valence-corrected chi connectivity index (χ0v) is 17.8. The number of rotatable bonds is 7. The van der Waals surface area contributed by atoms with E-state index in [4.69, 9.17) is 21.1 Å². The lowest BCUT2D eigenvalue weighted by Gasteiger charge is -2.15. The number of nitrogens with zero attached hydrogens (tertiary/aromatic N) is 2. The van der Waals surface area contributed by atoms with E-state index in [9.17, 15) is 18.4 Å². The molecule has 160 valence electrons. The smallest absolute Gasteiger partial charge is 0.417 e. The van der Waals surface area contributed by atoms with Crippen LogP contribution in [0.25, 0.3) is 11.3 Å². The van der Waals surface area contributed by atoms with E-state index < -0.39 is 17.3 Å². The summed E-state index contributed by atoms with van der Waals surface area (Å²) in [7, 11) is 1.51. The molecule has 0 fully saturated rings. The lowest BCUT2D eigenvalue weighted by Crippen LogP contribution is -2.11. The molecule has 4 nitrogen and oxygen atoms in total. The summed E-state index contributed by atoms with van der Waals surface area (Å²) < 4.78 is 51.7. The molecule has 2 aromatic carbocycles. The normalized spacial score (nSPS) is 11.1. The average Bonchev–Trinajstić information content (AvgIpc) is 2.76. The summed E-state index contributed by atoms with van der Waals surface area (Å²) >= 11 is 6.89. The molecular weight excluding hydrogens is 449 g/mol. The topological polar surface area (TPSA) is 55.1 Å². The molecule has 0 spiro atoms. The van der Waals surface area contributed by atoms with Gasteiger partial charge >= 0.3 is 6.18 Å². The highest BCUT2D eigenvalue weighted by molar-refractivity contribution is 7.99. The minimum Gasteiger partial charge on any atom is -0.493 e. The number of hydrogen-bond donors (Lipinski definition) is 0. The monoisotopic (exact) mass is 464 g/mol. The molecule has 0 saturated carbocycles. The number of pyridine rings is 1. The largest absolute Gasteiger partial charge is 0.493 e. The summed E-state index contributed by atoms with van der Waals surface area (Å²) in [6.45, 7) is 0.185. The highest BCUT2D eigenvalue weighted by Gasteiger charge is 2.36. The van der Waals surface area contributed by atoms with Gasteiger partial charge in [0.05, 0.1) is 30.5 Å². The van der Waals surface area contributed by atoms with Gasteiger partial charge in [0, 0.05) is 16.3 Å². The van der Waals surface area contributed by atoms with Crippen LogP contribution in [0.4, 0.5) is 13.2 Å². The second-order valence-electron chi connectivity index (χ2n) is 6.20. The van der Waals surface area contributed by atoms with Gasteiger partial charge in [-0.2, -0.15) is 18.4 Å². The third-order valence-corrected chi connectivity index (χ3v) is 5.38. The predicted molar refractivity (Wildman–Crippen MR) is 114 cm³/mol. The van der Waals surface area contributed by atoms with Crippen molar-refractivity contribution in [3.05, 3.63) is 70.7 Å². The van der Waals surface area contributed by atoms with E-state index in [1.807, 2.05) is 0 Å². The first-order valence-corrected chi connectivity index (χ1v) is 10.4. The molecule has 31 heavy (non-hydrogen) atoms. The molecule has 0 unspecified atom stereocenters. The summed E-state index contributed by atoms with van der Waals surface area (Å²) in [6, 6.07) is 15.9. The van der Waals surface area contributed by atoms with E-state index in [1.54, 1.807) is 54.6 Å². The lowest BCUT2D eigenvalue weighted by atomic mass is 10.1. The summed E-state index contributed by atoms with van der Waals surface area (Å²) in [5, 5.41) is 9.84. The summed E-state index contributed by atoms with van der Waals surface area (Å²) in [4.78, 5) is 4.31. The van der Waals surface area contributed by atoms with Gasteiger partial charge in [0.1, 0.15) is 11.1 Å². The minimum atomic E-state index is -4.70. The van der Waals surface area contributed by atoms with Gasteiger partial charge in [-0.1, -0.05) is 35.9 Å². The van der Waals surface area contributed by atoms with Crippen LogP contribution in [0.2, 0.25) is 5.02 Å². The van der Waals surface area contributed by atoms with Gasteiger partial charge in [-0.15, -0.1) is 11.8 Å². The van der Waals surface area contributed by atoms with Crippen molar-refractivity contribution < 1.29 is 22.6 Å². The number of thioether (sulfide) groups is 1. The Morgan fingerprint density at radius 2 is 1.77 bits per heavy atom. The van der Waals surface area contributed by atoms with Crippen LogP contribution in [-0.2, 0) is 6.18 Å². The molecule has 0 bridgehead atoms. The number of methoxy groups -OCH3 is 1. The second-order valence-corrected chi connectivity index (χ2v) is 7.72.